The minimum atomic E-state index is -0.592. The van der Waals surface area contributed by atoms with E-state index in [0.717, 1.165) is 42.4 Å². The van der Waals surface area contributed by atoms with E-state index in [1.165, 1.54) is 0 Å². The Labute approximate surface area is 155 Å². The molecule has 2 heterocycles. The van der Waals surface area contributed by atoms with Gasteiger partial charge in [0.05, 0.1) is 11.7 Å². The molecule has 0 amide bonds. The molecule has 0 radical (unpaired) electrons. The summed E-state index contributed by atoms with van der Waals surface area (Å²) < 4.78 is 23.9. The summed E-state index contributed by atoms with van der Waals surface area (Å²) in [5.74, 6) is 0.899. The van der Waals surface area contributed by atoms with Gasteiger partial charge in [-0.05, 0) is 32.4 Å². The molecule has 0 spiro atoms. The van der Waals surface area contributed by atoms with Crippen LogP contribution in [0.1, 0.15) is 75.5 Å². The predicted octanol–water partition coefficient (Wildman–Crippen LogP) is 4.89. The second-order valence-corrected chi connectivity index (χ2v) is 7.57. The molecule has 1 aromatic rings. The smallest absolute Gasteiger partial charge is 0.188 e. The van der Waals surface area contributed by atoms with Crippen molar-refractivity contribution in [3.63, 3.8) is 0 Å². The van der Waals surface area contributed by atoms with E-state index >= 15 is 0 Å². The standard InChI is InChI=1S/C21H30O5/c1-6-7-8-9-15-19(23-4)16-14(22)12-13-10-11-21(2,3)26-18(13)17(16)20(24-5)25-15/h10-12,15,19-20,22H,6-9H2,1-5H3/t15-,19-,20+/m1/s1. The van der Waals surface area contributed by atoms with Crippen LogP contribution in [-0.4, -0.2) is 31.0 Å². The molecule has 1 N–H and O–H groups in total. The van der Waals surface area contributed by atoms with Gasteiger partial charge in [0.25, 0.3) is 0 Å². The summed E-state index contributed by atoms with van der Waals surface area (Å²) in [7, 11) is 3.27. The van der Waals surface area contributed by atoms with E-state index in [4.69, 9.17) is 18.9 Å². The molecule has 1 aromatic carbocycles. The van der Waals surface area contributed by atoms with E-state index in [1.807, 2.05) is 26.0 Å². The lowest BCUT2D eigenvalue weighted by atomic mass is 9.87. The average molecular weight is 362 g/mol. The maximum absolute atomic E-state index is 10.8. The number of rotatable bonds is 6. The van der Waals surface area contributed by atoms with Crippen LogP contribution in [0.2, 0.25) is 0 Å². The van der Waals surface area contributed by atoms with Crippen LogP contribution < -0.4 is 4.74 Å². The van der Waals surface area contributed by atoms with Gasteiger partial charge in [0.15, 0.2) is 6.29 Å². The summed E-state index contributed by atoms with van der Waals surface area (Å²) in [6, 6.07) is 1.74. The van der Waals surface area contributed by atoms with E-state index in [0.29, 0.717) is 5.75 Å². The Balaban J connectivity index is 2.08. The van der Waals surface area contributed by atoms with Gasteiger partial charge in [-0.1, -0.05) is 32.3 Å². The number of aromatic hydroxyl groups is 1. The molecular formula is C21H30O5. The van der Waals surface area contributed by atoms with Gasteiger partial charge in [-0.2, -0.15) is 0 Å². The summed E-state index contributed by atoms with van der Waals surface area (Å²) in [6.45, 7) is 6.17. The third kappa shape index (κ3) is 3.48. The van der Waals surface area contributed by atoms with Crippen molar-refractivity contribution in [2.75, 3.05) is 14.2 Å². The van der Waals surface area contributed by atoms with Gasteiger partial charge in [-0.3, -0.25) is 0 Å². The molecule has 5 nitrogen and oxygen atoms in total. The third-order valence-electron chi connectivity index (χ3n) is 5.11. The number of benzene rings is 1. The van der Waals surface area contributed by atoms with E-state index < -0.39 is 11.9 Å². The number of ether oxygens (including phenoxy) is 4. The molecule has 3 rings (SSSR count). The zero-order valence-electron chi connectivity index (χ0n) is 16.4. The largest absolute Gasteiger partial charge is 0.508 e. The van der Waals surface area contributed by atoms with Crippen molar-refractivity contribution in [3.8, 4) is 11.5 Å². The van der Waals surface area contributed by atoms with Crippen LogP contribution in [0.3, 0.4) is 0 Å². The second kappa shape index (κ2) is 7.59. The number of hydrogen-bond acceptors (Lipinski definition) is 5. The van der Waals surface area contributed by atoms with Crippen molar-refractivity contribution in [2.45, 2.75) is 70.6 Å². The summed E-state index contributed by atoms with van der Waals surface area (Å²) in [5, 5.41) is 10.8. The van der Waals surface area contributed by atoms with Crippen molar-refractivity contribution in [3.05, 3.63) is 28.8 Å². The van der Waals surface area contributed by atoms with Crippen molar-refractivity contribution >= 4 is 6.08 Å². The fourth-order valence-electron chi connectivity index (χ4n) is 3.81. The zero-order valence-corrected chi connectivity index (χ0v) is 16.4. The number of fused-ring (bicyclic) bond motifs is 3. The molecule has 2 aliphatic rings. The first kappa shape index (κ1) is 19.2. The summed E-state index contributed by atoms with van der Waals surface area (Å²) in [6.07, 6.45) is 7.03. The molecule has 0 saturated carbocycles. The van der Waals surface area contributed by atoms with E-state index in [-0.39, 0.29) is 18.0 Å². The normalized spacial score (nSPS) is 26.1. The number of unbranched alkanes of at least 4 members (excludes halogenated alkanes) is 2. The summed E-state index contributed by atoms with van der Waals surface area (Å²) in [5.41, 5.74) is 1.84. The van der Waals surface area contributed by atoms with Gasteiger partial charge in [0.2, 0.25) is 0 Å². The van der Waals surface area contributed by atoms with E-state index in [9.17, 15) is 5.11 Å². The molecule has 5 heteroatoms. The average Bonchev–Trinajstić information content (AvgIpc) is 2.61. The monoisotopic (exact) mass is 362 g/mol. The lowest BCUT2D eigenvalue weighted by Crippen LogP contribution is -2.35. The van der Waals surface area contributed by atoms with Crippen molar-refractivity contribution in [2.24, 2.45) is 0 Å². The van der Waals surface area contributed by atoms with Gasteiger partial charge in [-0.15, -0.1) is 0 Å². The zero-order chi connectivity index (χ0) is 18.9. The van der Waals surface area contributed by atoms with Crippen molar-refractivity contribution in [1.29, 1.82) is 0 Å². The molecule has 0 bridgehead atoms. The van der Waals surface area contributed by atoms with Gasteiger partial charge in [-0.25, -0.2) is 0 Å². The molecule has 0 fully saturated rings. The van der Waals surface area contributed by atoms with Crippen LogP contribution in [0, 0.1) is 0 Å². The maximum atomic E-state index is 10.8. The molecule has 26 heavy (non-hydrogen) atoms. The van der Waals surface area contributed by atoms with Crippen molar-refractivity contribution < 1.29 is 24.1 Å². The van der Waals surface area contributed by atoms with E-state index in [2.05, 4.69) is 6.92 Å². The summed E-state index contributed by atoms with van der Waals surface area (Å²) >= 11 is 0. The third-order valence-corrected chi connectivity index (χ3v) is 5.11. The van der Waals surface area contributed by atoms with Gasteiger partial charge in [0, 0.05) is 25.3 Å². The fraction of sp³-hybridized carbons (Fsp3) is 0.619. The first-order chi connectivity index (χ1) is 12.4. The van der Waals surface area contributed by atoms with E-state index in [1.54, 1.807) is 20.3 Å². The molecule has 144 valence electrons. The Hall–Kier alpha value is -1.56. The Bertz CT molecular complexity index is 679. The molecule has 0 unspecified atom stereocenters. The number of phenols is 1. The van der Waals surface area contributed by atoms with Crippen LogP contribution in [0.25, 0.3) is 6.08 Å². The second-order valence-electron chi connectivity index (χ2n) is 7.57. The van der Waals surface area contributed by atoms with Crippen LogP contribution in [0.5, 0.6) is 11.5 Å². The Morgan fingerprint density at radius 1 is 1.15 bits per heavy atom. The minimum Gasteiger partial charge on any atom is -0.508 e. The van der Waals surface area contributed by atoms with Crippen molar-refractivity contribution in [1.82, 2.24) is 0 Å². The lowest BCUT2D eigenvalue weighted by Gasteiger charge is -2.40. The molecule has 0 aromatic heterocycles. The highest BCUT2D eigenvalue weighted by Crippen LogP contribution is 2.51. The quantitative estimate of drug-likeness (QED) is 0.730. The molecule has 0 saturated heterocycles. The van der Waals surface area contributed by atoms with Crippen LogP contribution in [0.15, 0.2) is 12.1 Å². The first-order valence-electron chi connectivity index (χ1n) is 9.41. The number of hydrogen-bond donors (Lipinski definition) is 1. The summed E-state index contributed by atoms with van der Waals surface area (Å²) in [4.78, 5) is 0. The molecule has 3 atom stereocenters. The molecule has 0 aliphatic carbocycles. The number of phenolic OH excluding ortho intramolecular Hbond substituents is 1. The SMILES string of the molecule is CCCCC[C@H]1O[C@H](OC)c2c3c(cc(O)c2[C@@H]1OC)C=CC(C)(C)O3. The Morgan fingerprint density at radius 3 is 2.58 bits per heavy atom. The minimum absolute atomic E-state index is 0.167. The van der Waals surface area contributed by atoms with Crippen LogP contribution >= 0.6 is 0 Å². The predicted molar refractivity (Wildman–Crippen MR) is 100 cm³/mol. The topological polar surface area (TPSA) is 57.2 Å². The van der Waals surface area contributed by atoms with Crippen LogP contribution in [0.4, 0.5) is 0 Å². The Morgan fingerprint density at radius 2 is 1.92 bits per heavy atom. The van der Waals surface area contributed by atoms with Gasteiger partial charge < -0.3 is 24.1 Å². The van der Waals surface area contributed by atoms with Gasteiger partial charge >= 0.3 is 0 Å². The Kier molecular flexibility index (Phi) is 5.61. The maximum Gasteiger partial charge on any atom is 0.188 e. The molecule has 2 aliphatic heterocycles. The number of methoxy groups -OCH3 is 2. The molecular weight excluding hydrogens is 332 g/mol. The highest BCUT2D eigenvalue weighted by atomic mass is 16.7. The van der Waals surface area contributed by atoms with Crippen LogP contribution in [-0.2, 0) is 14.2 Å². The lowest BCUT2D eigenvalue weighted by molar-refractivity contribution is -0.206. The highest BCUT2D eigenvalue weighted by molar-refractivity contribution is 5.68. The first-order valence-corrected chi connectivity index (χ1v) is 9.41. The fourth-order valence-corrected chi connectivity index (χ4v) is 3.81. The highest BCUT2D eigenvalue weighted by Gasteiger charge is 2.42. The van der Waals surface area contributed by atoms with Gasteiger partial charge in [0.1, 0.15) is 23.2 Å².